The number of rotatable bonds is 7. The van der Waals surface area contributed by atoms with Crippen LogP contribution < -0.4 is 11.3 Å². The fourth-order valence-corrected chi connectivity index (χ4v) is 0.770. The molecule has 0 aromatic carbocycles. The summed E-state index contributed by atoms with van der Waals surface area (Å²) < 4.78 is 44.8. The minimum absolute atomic E-state index is 0.00321. The Labute approximate surface area is 86.9 Å². The Morgan fingerprint density at radius 1 is 1.27 bits per heavy atom. The van der Waals surface area contributed by atoms with Crippen molar-refractivity contribution < 1.29 is 22.6 Å². The molecule has 4 nitrogen and oxygen atoms in total. The average Bonchev–Trinajstić information content (AvgIpc) is 2.08. The fourth-order valence-electron chi connectivity index (χ4n) is 0.770. The van der Waals surface area contributed by atoms with E-state index in [1.165, 1.54) is 0 Å². The predicted molar refractivity (Wildman–Crippen MR) is 49.1 cm³/mol. The SMILES string of the molecule is CC(C)OCC(COCC(F)(F)F)NN. The molecule has 0 aromatic heterocycles. The number of nitrogens with two attached hydrogens (primary N) is 1. The zero-order chi connectivity index (χ0) is 11.9. The van der Waals surface area contributed by atoms with Crippen molar-refractivity contribution in [2.24, 2.45) is 5.84 Å². The molecule has 0 rings (SSSR count). The molecule has 0 amide bonds. The number of ether oxygens (including phenoxy) is 2. The van der Waals surface area contributed by atoms with Crippen molar-refractivity contribution in [3.8, 4) is 0 Å². The minimum atomic E-state index is -4.31. The van der Waals surface area contributed by atoms with E-state index in [0.717, 1.165) is 0 Å². The highest BCUT2D eigenvalue weighted by molar-refractivity contribution is 4.62. The predicted octanol–water partition coefficient (Wildman–Crippen LogP) is 0.822. The van der Waals surface area contributed by atoms with E-state index >= 15 is 0 Å². The third kappa shape index (κ3) is 9.92. The second-order valence-electron chi connectivity index (χ2n) is 3.38. The Hall–Kier alpha value is -0.370. The van der Waals surface area contributed by atoms with Gasteiger partial charge in [0.05, 0.1) is 25.4 Å². The monoisotopic (exact) mass is 230 g/mol. The molecular weight excluding hydrogens is 213 g/mol. The maximum absolute atomic E-state index is 11.7. The molecule has 92 valence electrons. The molecule has 1 atom stereocenters. The summed E-state index contributed by atoms with van der Waals surface area (Å²) in [6, 6.07) is -0.435. The van der Waals surface area contributed by atoms with Crippen molar-refractivity contribution in [1.29, 1.82) is 0 Å². The maximum Gasteiger partial charge on any atom is 0.411 e. The third-order valence-corrected chi connectivity index (χ3v) is 1.45. The van der Waals surface area contributed by atoms with Gasteiger partial charge >= 0.3 is 6.18 Å². The van der Waals surface area contributed by atoms with Crippen molar-refractivity contribution in [1.82, 2.24) is 5.43 Å². The van der Waals surface area contributed by atoms with Gasteiger partial charge < -0.3 is 9.47 Å². The maximum atomic E-state index is 11.7. The molecule has 0 fully saturated rings. The quantitative estimate of drug-likeness (QED) is 0.502. The van der Waals surface area contributed by atoms with Gasteiger partial charge in [0.15, 0.2) is 0 Å². The molecule has 0 aliphatic carbocycles. The van der Waals surface area contributed by atoms with Crippen LogP contribution >= 0.6 is 0 Å². The number of hydrogen-bond acceptors (Lipinski definition) is 4. The van der Waals surface area contributed by atoms with Gasteiger partial charge in [-0.3, -0.25) is 11.3 Å². The van der Waals surface area contributed by atoms with Gasteiger partial charge in [-0.15, -0.1) is 0 Å². The van der Waals surface area contributed by atoms with Crippen LogP contribution in [-0.4, -0.2) is 38.1 Å². The highest BCUT2D eigenvalue weighted by Gasteiger charge is 2.27. The average molecular weight is 230 g/mol. The number of hydrazine groups is 1. The lowest BCUT2D eigenvalue weighted by Crippen LogP contribution is -2.43. The standard InChI is InChI=1S/C8H17F3N2O2/c1-6(2)15-4-7(13-12)3-14-5-8(9,10)11/h6-7,13H,3-5,12H2,1-2H3. The molecule has 0 aromatic rings. The lowest BCUT2D eigenvalue weighted by Gasteiger charge is -2.18. The fraction of sp³-hybridized carbons (Fsp3) is 1.00. The largest absolute Gasteiger partial charge is 0.411 e. The highest BCUT2D eigenvalue weighted by atomic mass is 19.4. The van der Waals surface area contributed by atoms with E-state index in [9.17, 15) is 13.2 Å². The number of alkyl halides is 3. The van der Waals surface area contributed by atoms with Gasteiger partial charge in [0.25, 0.3) is 0 Å². The number of nitrogens with one attached hydrogen (secondary N) is 1. The van der Waals surface area contributed by atoms with E-state index in [4.69, 9.17) is 10.6 Å². The van der Waals surface area contributed by atoms with Crippen LogP contribution in [0.25, 0.3) is 0 Å². The molecule has 15 heavy (non-hydrogen) atoms. The van der Waals surface area contributed by atoms with Gasteiger partial charge in [-0.05, 0) is 13.8 Å². The number of halogens is 3. The zero-order valence-corrected chi connectivity index (χ0v) is 8.80. The molecule has 0 radical (unpaired) electrons. The van der Waals surface area contributed by atoms with Crippen molar-refractivity contribution in [2.75, 3.05) is 19.8 Å². The van der Waals surface area contributed by atoms with Gasteiger partial charge in [-0.1, -0.05) is 0 Å². The van der Waals surface area contributed by atoms with Crippen molar-refractivity contribution in [3.05, 3.63) is 0 Å². The van der Waals surface area contributed by atoms with Gasteiger partial charge in [0.1, 0.15) is 6.61 Å². The molecule has 0 aliphatic heterocycles. The van der Waals surface area contributed by atoms with Gasteiger partial charge in [-0.2, -0.15) is 13.2 Å². The van der Waals surface area contributed by atoms with Crippen LogP contribution in [0, 0.1) is 0 Å². The summed E-state index contributed by atoms with van der Waals surface area (Å²) in [4.78, 5) is 0. The molecular formula is C8H17F3N2O2. The molecule has 3 N–H and O–H groups in total. The molecule has 0 aliphatic rings. The number of hydrogen-bond donors (Lipinski definition) is 2. The van der Waals surface area contributed by atoms with Crippen LogP contribution in [-0.2, 0) is 9.47 Å². The van der Waals surface area contributed by atoms with E-state index < -0.39 is 18.8 Å². The second kappa shape index (κ2) is 7.00. The summed E-state index contributed by atoms with van der Waals surface area (Å²) in [6.07, 6.45) is -4.30. The summed E-state index contributed by atoms with van der Waals surface area (Å²) in [7, 11) is 0. The summed E-state index contributed by atoms with van der Waals surface area (Å²) in [5.74, 6) is 5.12. The van der Waals surface area contributed by atoms with Crippen LogP contribution in [0.5, 0.6) is 0 Å². The molecule has 0 saturated heterocycles. The van der Waals surface area contributed by atoms with Crippen molar-refractivity contribution in [3.63, 3.8) is 0 Å². The van der Waals surface area contributed by atoms with Crippen LogP contribution in [0.1, 0.15) is 13.8 Å². The van der Waals surface area contributed by atoms with E-state index in [1.807, 2.05) is 13.8 Å². The summed E-state index contributed by atoms with van der Waals surface area (Å²) in [6.45, 7) is 2.45. The Balaban J connectivity index is 3.62. The lowest BCUT2D eigenvalue weighted by molar-refractivity contribution is -0.176. The zero-order valence-electron chi connectivity index (χ0n) is 8.80. The Bertz CT molecular complexity index is 164. The molecule has 0 heterocycles. The van der Waals surface area contributed by atoms with Crippen molar-refractivity contribution in [2.45, 2.75) is 32.2 Å². The first kappa shape index (κ1) is 14.6. The Kier molecular flexibility index (Phi) is 6.82. The third-order valence-electron chi connectivity index (χ3n) is 1.45. The lowest BCUT2D eigenvalue weighted by atomic mass is 10.3. The molecule has 1 unspecified atom stereocenters. The Morgan fingerprint density at radius 3 is 2.27 bits per heavy atom. The smallest absolute Gasteiger partial charge is 0.377 e. The summed E-state index contributed by atoms with van der Waals surface area (Å²) >= 11 is 0. The molecule has 0 spiro atoms. The van der Waals surface area contributed by atoms with Crippen LogP contribution in [0.3, 0.4) is 0 Å². The molecule has 7 heteroatoms. The highest BCUT2D eigenvalue weighted by Crippen LogP contribution is 2.14. The van der Waals surface area contributed by atoms with E-state index in [2.05, 4.69) is 10.2 Å². The first-order valence-corrected chi connectivity index (χ1v) is 4.57. The normalized spacial score (nSPS) is 14.6. The summed E-state index contributed by atoms with van der Waals surface area (Å²) in [5, 5.41) is 0. The molecule has 0 bridgehead atoms. The van der Waals surface area contributed by atoms with Gasteiger partial charge in [-0.25, -0.2) is 0 Å². The van der Waals surface area contributed by atoms with Crippen LogP contribution in [0.15, 0.2) is 0 Å². The van der Waals surface area contributed by atoms with E-state index in [0.29, 0.717) is 0 Å². The van der Waals surface area contributed by atoms with Crippen LogP contribution in [0.2, 0.25) is 0 Å². The molecule has 0 saturated carbocycles. The Morgan fingerprint density at radius 2 is 1.87 bits per heavy atom. The first-order chi connectivity index (χ1) is 6.85. The second-order valence-corrected chi connectivity index (χ2v) is 3.38. The van der Waals surface area contributed by atoms with Gasteiger partial charge in [0, 0.05) is 0 Å². The van der Waals surface area contributed by atoms with E-state index in [1.54, 1.807) is 0 Å². The van der Waals surface area contributed by atoms with Gasteiger partial charge in [0.2, 0.25) is 0 Å². The van der Waals surface area contributed by atoms with Crippen molar-refractivity contribution >= 4 is 0 Å². The minimum Gasteiger partial charge on any atom is -0.377 e. The summed E-state index contributed by atoms with van der Waals surface area (Å²) in [5.41, 5.74) is 2.33. The van der Waals surface area contributed by atoms with Crippen LogP contribution in [0.4, 0.5) is 13.2 Å². The first-order valence-electron chi connectivity index (χ1n) is 4.57. The van der Waals surface area contributed by atoms with E-state index in [-0.39, 0.29) is 19.3 Å². The topological polar surface area (TPSA) is 56.5 Å².